The van der Waals surface area contributed by atoms with Crippen molar-refractivity contribution in [3.8, 4) is 0 Å². The van der Waals surface area contributed by atoms with Gasteiger partial charge >= 0.3 is 6.18 Å². The van der Waals surface area contributed by atoms with Crippen LogP contribution >= 0.6 is 0 Å². The predicted molar refractivity (Wildman–Crippen MR) is 40.2 cm³/mol. The molecule has 0 fully saturated rings. The van der Waals surface area contributed by atoms with Gasteiger partial charge in [-0.3, -0.25) is 4.79 Å². The molecular formula is C7H12F3NO2. The fourth-order valence-corrected chi connectivity index (χ4v) is 0.737. The summed E-state index contributed by atoms with van der Waals surface area (Å²) in [7, 11) is 2.50. The van der Waals surface area contributed by atoms with E-state index < -0.39 is 18.6 Å². The van der Waals surface area contributed by atoms with E-state index in [0.717, 1.165) is 7.05 Å². The van der Waals surface area contributed by atoms with E-state index in [1.807, 2.05) is 0 Å². The molecule has 0 atom stereocenters. The molecule has 0 N–H and O–H groups in total. The quantitative estimate of drug-likeness (QED) is 0.677. The number of alkyl halides is 3. The number of hydrogen-bond acceptors (Lipinski definition) is 2. The topological polar surface area (TPSA) is 29.5 Å². The van der Waals surface area contributed by atoms with Gasteiger partial charge in [-0.15, -0.1) is 0 Å². The first-order valence-corrected chi connectivity index (χ1v) is 3.66. The van der Waals surface area contributed by atoms with Crippen LogP contribution in [0.5, 0.6) is 0 Å². The van der Waals surface area contributed by atoms with E-state index in [-0.39, 0.29) is 13.0 Å². The van der Waals surface area contributed by atoms with Crippen molar-refractivity contribution in [2.24, 2.45) is 0 Å². The van der Waals surface area contributed by atoms with Crippen molar-refractivity contribution in [1.29, 1.82) is 0 Å². The summed E-state index contributed by atoms with van der Waals surface area (Å²) in [6, 6.07) is 0. The highest BCUT2D eigenvalue weighted by atomic mass is 19.4. The summed E-state index contributed by atoms with van der Waals surface area (Å²) in [5, 5.41) is 0. The molecule has 0 aromatic rings. The Morgan fingerprint density at radius 1 is 1.46 bits per heavy atom. The lowest BCUT2D eigenvalue weighted by Crippen LogP contribution is -2.36. The van der Waals surface area contributed by atoms with Crippen LogP contribution in [-0.2, 0) is 9.53 Å². The molecule has 0 unspecified atom stereocenters. The second-order valence-electron chi connectivity index (χ2n) is 2.61. The van der Waals surface area contributed by atoms with E-state index >= 15 is 0 Å². The minimum Gasteiger partial charge on any atom is -0.384 e. The second-order valence-corrected chi connectivity index (χ2v) is 2.61. The van der Waals surface area contributed by atoms with Crippen LogP contribution in [0.3, 0.4) is 0 Å². The molecule has 0 heterocycles. The molecule has 0 aliphatic heterocycles. The smallest absolute Gasteiger partial charge is 0.384 e. The van der Waals surface area contributed by atoms with Crippen molar-refractivity contribution in [3.63, 3.8) is 0 Å². The van der Waals surface area contributed by atoms with Crippen LogP contribution in [0, 0.1) is 0 Å². The summed E-state index contributed by atoms with van der Waals surface area (Å²) in [5.41, 5.74) is 0. The third-order valence-electron chi connectivity index (χ3n) is 1.36. The first-order valence-electron chi connectivity index (χ1n) is 3.66. The Morgan fingerprint density at radius 3 is 2.38 bits per heavy atom. The number of methoxy groups -OCH3 is 1. The Balaban J connectivity index is 3.83. The number of nitrogens with zero attached hydrogens (tertiary/aromatic N) is 1. The summed E-state index contributed by atoms with van der Waals surface area (Å²) in [4.78, 5) is 11.6. The lowest BCUT2D eigenvalue weighted by molar-refractivity contribution is -0.158. The Labute approximate surface area is 74.5 Å². The maximum absolute atomic E-state index is 11.8. The van der Waals surface area contributed by atoms with Gasteiger partial charge in [-0.2, -0.15) is 13.2 Å². The fourth-order valence-electron chi connectivity index (χ4n) is 0.737. The Hall–Kier alpha value is -0.780. The number of hydrogen-bond donors (Lipinski definition) is 0. The highest BCUT2D eigenvalue weighted by Gasteiger charge is 2.30. The maximum atomic E-state index is 11.8. The minimum absolute atomic E-state index is 0.0247. The van der Waals surface area contributed by atoms with E-state index in [2.05, 4.69) is 4.74 Å². The van der Waals surface area contributed by atoms with Gasteiger partial charge in [-0.05, 0) is 0 Å². The molecule has 0 spiro atoms. The summed E-state index contributed by atoms with van der Waals surface area (Å²) in [5.74, 6) is -0.570. The van der Waals surface area contributed by atoms with Gasteiger partial charge in [0, 0.05) is 14.2 Å². The summed E-state index contributed by atoms with van der Waals surface area (Å²) in [6.45, 7) is -1.07. The van der Waals surface area contributed by atoms with Crippen LogP contribution < -0.4 is 0 Å². The third kappa shape index (κ3) is 6.39. The number of halogens is 3. The zero-order valence-corrected chi connectivity index (χ0v) is 7.52. The molecule has 0 radical (unpaired) electrons. The molecular weight excluding hydrogens is 187 g/mol. The fraction of sp³-hybridized carbons (Fsp3) is 0.857. The van der Waals surface area contributed by atoms with Crippen molar-refractivity contribution in [3.05, 3.63) is 0 Å². The van der Waals surface area contributed by atoms with Gasteiger partial charge in [0.1, 0.15) is 6.54 Å². The average molecular weight is 199 g/mol. The molecule has 1 amide bonds. The van der Waals surface area contributed by atoms with Crippen molar-refractivity contribution in [2.45, 2.75) is 12.6 Å². The largest absolute Gasteiger partial charge is 0.406 e. The molecule has 0 rings (SSSR count). The van der Waals surface area contributed by atoms with Crippen LogP contribution in [0.15, 0.2) is 0 Å². The zero-order valence-electron chi connectivity index (χ0n) is 7.52. The molecule has 6 heteroatoms. The van der Waals surface area contributed by atoms with Gasteiger partial charge in [-0.1, -0.05) is 0 Å². The summed E-state index contributed by atoms with van der Waals surface area (Å²) < 4.78 is 39.9. The van der Waals surface area contributed by atoms with Gasteiger partial charge in [0.05, 0.1) is 13.0 Å². The molecule has 3 nitrogen and oxygen atoms in total. The molecule has 0 aliphatic carbocycles. The standard InChI is InChI=1S/C7H12F3NO2/c1-11(5-7(8,9)10)6(12)3-4-13-2/h3-5H2,1-2H3. The normalized spacial score (nSPS) is 11.5. The molecule has 0 aliphatic rings. The van der Waals surface area contributed by atoms with Gasteiger partial charge in [0.2, 0.25) is 5.91 Å². The number of ether oxygens (including phenoxy) is 1. The van der Waals surface area contributed by atoms with Crippen LogP contribution in [-0.4, -0.2) is 44.3 Å². The van der Waals surface area contributed by atoms with Crippen LogP contribution in [0.4, 0.5) is 13.2 Å². The molecule has 13 heavy (non-hydrogen) atoms. The van der Waals surface area contributed by atoms with Crippen molar-refractivity contribution in [2.75, 3.05) is 27.3 Å². The minimum atomic E-state index is -4.34. The van der Waals surface area contributed by atoms with Crippen molar-refractivity contribution < 1.29 is 22.7 Å². The van der Waals surface area contributed by atoms with Crippen molar-refractivity contribution in [1.82, 2.24) is 4.90 Å². The third-order valence-corrected chi connectivity index (χ3v) is 1.36. The number of rotatable bonds is 4. The van der Waals surface area contributed by atoms with E-state index in [1.54, 1.807) is 0 Å². The number of carbonyl (C=O) groups excluding carboxylic acids is 1. The zero-order chi connectivity index (χ0) is 10.5. The van der Waals surface area contributed by atoms with Gasteiger partial charge in [0.15, 0.2) is 0 Å². The lowest BCUT2D eigenvalue weighted by atomic mass is 10.4. The molecule has 0 aromatic carbocycles. The Morgan fingerprint density at radius 2 is 2.00 bits per heavy atom. The second kappa shape index (κ2) is 5.06. The summed E-state index contributed by atoms with van der Waals surface area (Å²) >= 11 is 0. The Kier molecular flexibility index (Phi) is 4.76. The van der Waals surface area contributed by atoms with E-state index in [4.69, 9.17) is 0 Å². The Bertz CT molecular complexity index is 170. The highest BCUT2D eigenvalue weighted by molar-refractivity contribution is 5.75. The molecule has 78 valence electrons. The first-order chi connectivity index (χ1) is 5.87. The van der Waals surface area contributed by atoms with Gasteiger partial charge in [-0.25, -0.2) is 0 Å². The lowest BCUT2D eigenvalue weighted by Gasteiger charge is -2.18. The maximum Gasteiger partial charge on any atom is 0.406 e. The van der Waals surface area contributed by atoms with Crippen LogP contribution in [0.2, 0.25) is 0 Å². The van der Waals surface area contributed by atoms with E-state index in [1.165, 1.54) is 7.11 Å². The average Bonchev–Trinajstić information content (AvgIpc) is 1.96. The SMILES string of the molecule is COCCC(=O)N(C)CC(F)(F)F. The van der Waals surface area contributed by atoms with Crippen molar-refractivity contribution >= 4 is 5.91 Å². The molecule has 0 aromatic heterocycles. The van der Waals surface area contributed by atoms with Gasteiger partial charge < -0.3 is 9.64 Å². The van der Waals surface area contributed by atoms with E-state index in [9.17, 15) is 18.0 Å². The molecule has 0 saturated heterocycles. The van der Waals surface area contributed by atoms with E-state index in [0.29, 0.717) is 4.90 Å². The van der Waals surface area contributed by atoms with Gasteiger partial charge in [0.25, 0.3) is 0 Å². The number of carbonyl (C=O) groups is 1. The molecule has 0 bridgehead atoms. The first kappa shape index (κ1) is 12.2. The predicted octanol–water partition coefficient (Wildman–Crippen LogP) is 1.04. The molecule has 0 saturated carbocycles. The van der Waals surface area contributed by atoms with Crippen LogP contribution in [0.1, 0.15) is 6.42 Å². The monoisotopic (exact) mass is 199 g/mol. The number of amides is 1. The van der Waals surface area contributed by atoms with Crippen LogP contribution in [0.25, 0.3) is 0 Å². The highest BCUT2D eigenvalue weighted by Crippen LogP contribution is 2.15. The summed E-state index contributed by atoms with van der Waals surface area (Å²) in [6.07, 6.45) is -4.36.